The van der Waals surface area contributed by atoms with Crippen LogP contribution in [0.25, 0.3) is 0 Å². The Morgan fingerprint density at radius 3 is 2.47 bits per heavy atom. The second-order valence-electron chi connectivity index (χ2n) is 3.98. The lowest BCUT2D eigenvalue weighted by Gasteiger charge is -2.28. The van der Waals surface area contributed by atoms with Crippen molar-refractivity contribution >= 4 is 5.69 Å². The van der Waals surface area contributed by atoms with Crippen LogP contribution in [0.4, 0.5) is 5.69 Å². The molecule has 0 aliphatic heterocycles. The van der Waals surface area contributed by atoms with Gasteiger partial charge in [-0.3, -0.25) is 0 Å². The van der Waals surface area contributed by atoms with Crippen LogP contribution in [0.3, 0.4) is 0 Å². The van der Waals surface area contributed by atoms with E-state index in [4.69, 9.17) is 4.74 Å². The largest absolute Gasteiger partial charge is 0.381 e. The van der Waals surface area contributed by atoms with Crippen LogP contribution in [0.2, 0.25) is 0 Å². The second-order valence-corrected chi connectivity index (χ2v) is 3.98. The molecule has 4 nitrogen and oxygen atoms in total. The average molecular weight is 207 g/mol. The number of nitrogens with one attached hydrogen (secondary N) is 1. The first kappa shape index (κ1) is 10.4. The molecule has 4 heteroatoms. The van der Waals surface area contributed by atoms with Gasteiger partial charge in [0.15, 0.2) is 0 Å². The lowest BCUT2D eigenvalue weighted by atomic mass is 9.93. The van der Waals surface area contributed by atoms with Crippen molar-refractivity contribution in [1.29, 1.82) is 0 Å². The molecule has 0 aromatic carbocycles. The Balaban J connectivity index is 1.82. The summed E-state index contributed by atoms with van der Waals surface area (Å²) < 4.78 is 5.34. The first-order chi connectivity index (χ1) is 7.38. The normalized spacial score (nSPS) is 26.2. The van der Waals surface area contributed by atoms with E-state index in [0.29, 0.717) is 12.1 Å². The number of methoxy groups -OCH3 is 1. The third-order valence-electron chi connectivity index (χ3n) is 2.94. The van der Waals surface area contributed by atoms with Crippen molar-refractivity contribution in [2.45, 2.75) is 37.8 Å². The summed E-state index contributed by atoms with van der Waals surface area (Å²) in [7, 11) is 1.80. The average Bonchev–Trinajstić information content (AvgIpc) is 2.31. The lowest BCUT2D eigenvalue weighted by Crippen LogP contribution is -2.29. The van der Waals surface area contributed by atoms with E-state index in [9.17, 15) is 0 Å². The maximum absolute atomic E-state index is 5.34. The fraction of sp³-hybridized carbons (Fsp3) is 0.636. The van der Waals surface area contributed by atoms with Crippen LogP contribution in [0.1, 0.15) is 25.7 Å². The van der Waals surface area contributed by atoms with Gasteiger partial charge in [0, 0.05) is 13.2 Å². The molecular weight excluding hydrogens is 190 g/mol. The molecule has 1 aliphatic rings. The second kappa shape index (κ2) is 5.07. The summed E-state index contributed by atoms with van der Waals surface area (Å²) in [6, 6.07) is 0.544. The van der Waals surface area contributed by atoms with E-state index in [1.165, 1.54) is 0 Å². The van der Waals surface area contributed by atoms with Crippen LogP contribution in [0.5, 0.6) is 0 Å². The van der Waals surface area contributed by atoms with E-state index in [1.54, 1.807) is 13.4 Å². The van der Waals surface area contributed by atoms with Gasteiger partial charge in [-0.05, 0) is 25.7 Å². The van der Waals surface area contributed by atoms with Gasteiger partial charge >= 0.3 is 0 Å². The van der Waals surface area contributed by atoms with Gasteiger partial charge in [-0.2, -0.15) is 0 Å². The molecule has 0 amide bonds. The molecule has 82 valence electrons. The summed E-state index contributed by atoms with van der Waals surface area (Å²) in [5.74, 6) is 0. The fourth-order valence-electron chi connectivity index (χ4n) is 2.05. The van der Waals surface area contributed by atoms with Crippen LogP contribution in [-0.2, 0) is 4.74 Å². The van der Waals surface area contributed by atoms with Crippen LogP contribution < -0.4 is 5.32 Å². The Morgan fingerprint density at radius 1 is 1.20 bits per heavy atom. The van der Waals surface area contributed by atoms with Gasteiger partial charge in [0.25, 0.3) is 0 Å². The van der Waals surface area contributed by atoms with Gasteiger partial charge in [0.05, 0.1) is 24.2 Å². The molecular formula is C11H17N3O. The van der Waals surface area contributed by atoms with E-state index in [-0.39, 0.29) is 0 Å². The summed E-state index contributed by atoms with van der Waals surface area (Å²) in [5, 5.41) is 3.44. The zero-order valence-corrected chi connectivity index (χ0v) is 9.02. The highest BCUT2D eigenvalue weighted by Crippen LogP contribution is 2.23. The maximum atomic E-state index is 5.34. The van der Waals surface area contributed by atoms with Crippen molar-refractivity contribution in [3.8, 4) is 0 Å². The quantitative estimate of drug-likeness (QED) is 0.821. The summed E-state index contributed by atoms with van der Waals surface area (Å²) in [6.45, 7) is 0. The molecule has 1 aliphatic carbocycles. The Kier molecular flexibility index (Phi) is 3.50. The molecule has 1 saturated carbocycles. The van der Waals surface area contributed by atoms with Gasteiger partial charge < -0.3 is 10.1 Å². The Morgan fingerprint density at radius 2 is 1.87 bits per heavy atom. The molecule has 0 bridgehead atoms. The van der Waals surface area contributed by atoms with Crippen molar-refractivity contribution < 1.29 is 4.74 Å². The molecule has 0 radical (unpaired) electrons. The summed E-state index contributed by atoms with van der Waals surface area (Å²) in [6.07, 6.45) is 10.2. The number of rotatable bonds is 3. The summed E-state index contributed by atoms with van der Waals surface area (Å²) in [5.41, 5.74) is 1.01. The highest BCUT2D eigenvalue weighted by Gasteiger charge is 2.20. The molecule has 2 rings (SSSR count). The predicted octanol–water partition coefficient (Wildman–Crippen LogP) is 1.85. The molecule has 1 N–H and O–H groups in total. The minimum atomic E-state index is 0.454. The lowest BCUT2D eigenvalue weighted by molar-refractivity contribution is 0.0682. The van der Waals surface area contributed by atoms with E-state index in [2.05, 4.69) is 15.3 Å². The predicted molar refractivity (Wildman–Crippen MR) is 58.7 cm³/mol. The van der Waals surface area contributed by atoms with Gasteiger partial charge in [-0.25, -0.2) is 9.97 Å². The zero-order chi connectivity index (χ0) is 10.5. The fourth-order valence-corrected chi connectivity index (χ4v) is 2.05. The number of nitrogens with zero attached hydrogens (tertiary/aromatic N) is 2. The molecule has 0 saturated heterocycles. The van der Waals surface area contributed by atoms with Gasteiger partial charge in [-0.1, -0.05) is 0 Å². The van der Waals surface area contributed by atoms with Crippen LogP contribution in [0.15, 0.2) is 18.7 Å². The number of anilines is 1. The third-order valence-corrected chi connectivity index (χ3v) is 2.94. The molecule has 1 aromatic heterocycles. The molecule has 1 heterocycles. The minimum Gasteiger partial charge on any atom is -0.381 e. The van der Waals surface area contributed by atoms with Gasteiger partial charge in [0.2, 0.25) is 0 Å². The molecule has 0 unspecified atom stereocenters. The van der Waals surface area contributed by atoms with Crippen molar-refractivity contribution in [3.63, 3.8) is 0 Å². The van der Waals surface area contributed by atoms with E-state index in [1.807, 2.05) is 12.4 Å². The Bertz CT molecular complexity index is 283. The third kappa shape index (κ3) is 2.89. The first-order valence-electron chi connectivity index (χ1n) is 5.43. The Hall–Kier alpha value is -1.16. The first-order valence-corrected chi connectivity index (χ1v) is 5.43. The van der Waals surface area contributed by atoms with Crippen molar-refractivity contribution in [2.24, 2.45) is 0 Å². The summed E-state index contributed by atoms with van der Waals surface area (Å²) >= 11 is 0. The van der Waals surface area contributed by atoms with Crippen LogP contribution >= 0.6 is 0 Å². The Labute approximate surface area is 90.1 Å². The van der Waals surface area contributed by atoms with Crippen molar-refractivity contribution in [2.75, 3.05) is 12.4 Å². The van der Waals surface area contributed by atoms with E-state index < -0.39 is 0 Å². The smallest absolute Gasteiger partial charge is 0.115 e. The molecule has 1 fully saturated rings. The number of hydrogen-bond donors (Lipinski definition) is 1. The zero-order valence-electron chi connectivity index (χ0n) is 9.02. The monoisotopic (exact) mass is 207 g/mol. The number of hydrogen-bond acceptors (Lipinski definition) is 4. The van der Waals surface area contributed by atoms with Crippen LogP contribution in [-0.4, -0.2) is 29.2 Å². The molecule has 1 aromatic rings. The molecule has 0 spiro atoms. The molecule has 15 heavy (non-hydrogen) atoms. The highest BCUT2D eigenvalue weighted by molar-refractivity contribution is 5.38. The van der Waals surface area contributed by atoms with Gasteiger partial charge in [-0.15, -0.1) is 0 Å². The minimum absolute atomic E-state index is 0.454. The topological polar surface area (TPSA) is 47.0 Å². The van der Waals surface area contributed by atoms with Crippen molar-refractivity contribution in [1.82, 2.24) is 9.97 Å². The standard InChI is InChI=1S/C11H17N3O/c1-15-11-4-2-9(3-5-11)14-10-6-12-8-13-7-10/h6-9,11,14H,2-5H2,1H3. The van der Waals surface area contributed by atoms with Crippen LogP contribution in [0, 0.1) is 0 Å². The SMILES string of the molecule is COC1CCC(Nc2cncnc2)CC1. The maximum Gasteiger partial charge on any atom is 0.115 e. The highest BCUT2D eigenvalue weighted by atomic mass is 16.5. The number of ether oxygens (including phenoxy) is 1. The number of aromatic nitrogens is 2. The molecule has 0 atom stereocenters. The van der Waals surface area contributed by atoms with Crippen molar-refractivity contribution in [3.05, 3.63) is 18.7 Å². The van der Waals surface area contributed by atoms with E-state index in [0.717, 1.165) is 31.4 Å². The van der Waals surface area contributed by atoms with Gasteiger partial charge in [0.1, 0.15) is 6.33 Å². The summed E-state index contributed by atoms with van der Waals surface area (Å²) in [4.78, 5) is 7.97. The van der Waals surface area contributed by atoms with E-state index >= 15 is 0 Å².